The number of ether oxygens (including phenoxy) is 1. The standard InChI is InChI=1S/C17H19O2P/c18-20(14-15-8-7-13-19-15,16-9-3-1-4-10-16)17-11-5-2-6-12-17/h1-6,9-12,15H,7-8,13-14H2. The number of rotatable bonds is 4. The molecule has 1 aliphatic heterocycles. The monoisotopic (exact) mass is 286 g/mol. The molecule has 1 unspecified atom stereocenters. The molecule has 0 bridgehead atoms. The van der Waals surface area contributed by atoms with Crippen LogP contribution in [-0.4, -0.2) is 18.9 Å². The van der Waals surface area contributed by atoms with Gasteiger partial charge in [-0.05, 0) is 12.8 Å². The Morgan fingerprint density at radius 2 is 1.50 bits per heavy atom. The van der Waals surface area contributed by atoms with E-state index < -0.39 is 7.14 Å². The minimum atomic E-state index is -2.60. The van der Waals surface area contributed by atoms with E-state index in [1.54, 1.807) is 0 Å². The third-order valence-electron chi connectivity index (χ3n) is 3.83. The summed E-state index contributed by atoms with van der Waals surface area (Å²) in [6, 6.07) is 19.7. The van der Waals surface area contributed by atoms with Crippen LogP contribution in [0.4, 0.5) is 0 Å². The van der Waals surface area contributed by atoms with E-state index in [1.807, 2.05) is 60.7 Å². The molecular formula is C17H19O2P. The Kier molecular flexibility index (Phi) is 4.05. The predicted molar refractivity (Wildman–Crippen MR) is 83.6 cm³/mol. The fourth-order valence-electron chi connectivity index (χ4n) is 2.77. The van der Waals surface area contributed by atoms with Gasteiger partial charge in [-0.1, -0.05) is 60.7 Å². The first-order valence-electron chi connectivity index (χ1n) is 7.11. The van der Waals surface area contributed by atoms with Gasteiger partial charge in [0.25, 0.3) is 0 Å². The first-order valence-corrected chi connectivity index (χ1v) is 9.00. The Balaban J connectivity index is 2.00. The predicted octanol–water partition coefficient (Wildman–Crippen LogP) is 3.18. The van der Waals surface area contributed by atoms with Gasteiger partial charge in [0, 0.05) is 23.4 Å². The highest BCUT2D eigenvalue weighted by Crippen LogP contribution is 2.45. The van der Waals surface area contributed by atoms with Crippen LogP contribution in [0.3, 0.4) is 0 Å². The summed E-state index contributed by atoms with van der Waals surface area (Å²) >= 11 is 0. The van der Waals surface area contributed by atoms with Gasteiger partial charge < -0.3 is 9.30 Å². The van der Waals surface area contributed by atoms with Crippen LogP contribution in [0.1, 0.15) is 12.8 Å². The summed E-state index contributed by atoms with van der Waals surface area (Å²) in [6.45, 7) is 0.800. The molecule has 3 heteroatoms. The van der Waals surface area contributed by atoms with Gasteiger partial charge in [0.2, 0.25) is 0 Å². The van der Waals surface area contributed by atoms with E-state index in [0.717, 1.165) is 30.1 Å². The molecule has 0 saturated carbocycles. The Morgan fingerprint density at radius 3 is 1.95 bits per heavy atom. The van der Waals surface area contributed by atoms with E-state index in [4.69, 9.17) is 4.74 Å². The molecule has 2 nitrogen and oxygen atoms in total. The Labute approximate surface area is 120 Å². The van der Waals surface area contributed by atoms with Crippen molar-refractivity contribution in [1.29, 1.82) is 0 Å². The van der Waals surface area contributed by atoms with Gasteiger partial charge in [-0.2, -0.15) is 0 Å². The summed E-state index contributed by atoms with van der Waals surface area (Å²) in [5, 5.41) is 1.86. The Hall–Kier alpha value is -1.37. The average Bonchev–Trinajstić information content (AvgIpc) is 3.02. The van der Waals surface area contributed by atoms with Gasteiger partial charge in [0.05, 0.1) is 6.10 Å². The van der Waals surface area contributed by atoms with Crippen LogP contribution in [0.2, 0.25) is 0 Å². The lowest BCUT2D eigenvalue weighted by Gasteiger charge is -2.22. The summed E-state index contributed by atoms with van der Waals surface area (Å²) in [5.41, 5.74) is 0. The van der Waals surface area contributed by atoms with Crippen LogP contribution in [0.15, 0.2) is 60.7 Å². The topological polar surface area (TPSA) is 26.3 Å². The van der Waals surface area contributed by atoms with Gasteiger partial charge >= 0.3 is 0 Å². The summed E-state index contributed by atoms with van der Waals surface area (Å²) in [7, 11) is -2.60. The molecule has 1 atom stereocenters. The lowest BCUT2D eigenvalue weighted by atomic mass is 10.3. The van der Waals surface area contributed by atoms with Crippen molar-refractivity contribution in [2.45, 2.75) is 18.9 Å². The molecule has 0 radical (unpaired) electrons. The molecule has 0 aliphatic carbocycles. The lowest BCUT2D eigenvalue weighted by molar-refractivity contribution is 0.127. The summed E-state index contributed by atoms with van der Waals surface area (Å²) in [5.74, 6) is 0. The maximum atomic E-state index is 13.7. The lowest BCUT2D eigenvalue weighted by Crippen LogP contribution is -2.24. The molecule has 1 fully saturated rings. The largest absolute Gasteiger partial charge is 0.378 e. The van der Waals surface area contributed by atoms with Crippen LogP contribution in [0.25, 0.3) is 0 Å². The molecule has 1 aliphatic rings. The molecule has 104 valence electrons. The van der Waals surface area contributed by atoms with Crippen molar-refractivity contribution in [3.8, 4) is 0 Å². The number of benzene rings is 2. The van der Waals surface area contributed by atoms with E-state index in [2.05, 4.69) is 0 Å². The van der Waals surface area contributed by atoms with Crippen molar-refractivity contribution in [1.82, 2.24) is 0 Å². The Morgan fingerprint density at radius 1 is 0.950 bits per heavy atom. The maximum Gasteiger partial charge on any atom is 0.145 e. The molecule has 20 heavy (non-hydrogen) atoms. The van der Waals surface area contributed by atoms with Crippen molar-refractivity contribution < 1.29 is 9.30 Å². The Bertz CT molecular complexity index is 545. The maximum absolute atomic E-state index is 13.7. The zero-order valence-electron chi connectivity index (χ0n) is 11.4. The van der Waals surface area contributed by atoms with E-state index in [9.17, 15) is 4.57 Å². The van der Waals surface area contributed by atoms with Crippen molar-refractivity contribution in [2.24, 2.45) is 0 Å². The van der Waals surface area contributed by atoms with Crippen LogP contribution in [0.5, 0.6) is 0 Å². The van der Waals surface area contributed by atoms with Gasteiger partial charge in [-0.3, -0.25) is 0 Å². The fraction of sp³-hybridized carbons (Fsp3) is 0.294. The highest BCUT2D eigenvalue weighted by Gasteiger charge is 2.32. The highest BCUT2D eigenvalue weighted by atomic mass is 31.2. The van der Waals surface area contributed by atoms with E-state index in [0.29, 0.717) is 6.16 Å². The molecule has 1 heterocycles. The third-order valence-corrected chi connectivity index (χ3v) is 7.02. The molecule has 2 aromatic carbocycles. The van der Waals surface area contributed by atoms with Crippen molar-refractivity contribution in [2.75, 3.05) is 12.8 Å². The van der Waals surface area contributed by atoms with Gasteiger partial charge in [-0.15, -0.1) is 0 Å². The van der Waals surface area contributed by atoms with Gasteiger partial charge in [0.1, 0.15) is 7.14 Å². The molecule has 0 N–H and O–H groups in total. The quantitative estimate of drug-likeness (QED) is 0.807. The summed E-state index contributed by atoms with van der Waals surface area (Å²) in [6.07, 6.45) is 2.83. The van der Waals surface area contributed by atoms with Crippen LogP contribution < -0.4 is 10.6 Å². The average molecular weight is 286 g/mol. The third kappa shape index (κ3) is 2.72. The first kappa shape index (κ1) is 13.6. The fourth-order valence-corrected chi connectivity index (χ4v) is 5.66. The first-order chi connectivity index (χ1) is 9.79. The normalized spacial score (nSPS) is 19.1. The molecule has 0 amide bonds. The second kappa shape index (κ2) is 5.95. The molecule has 0 spiro atoms. The summed E-state index contributed by atoms with van der Waals surface area (Å²) in [4.78, 5) is 0. The number of hydrogen-bond acceptors (Lipinski definition) is 2. The van der Waals surface area contributed by atoms with Crippen molar-refractivity contribution in [3.05, 3.63) is 60.7 Å². The van der Waals surface area contributed by atoms with Crippen LogP contribution in [0, 0.1) is 0 Å². The number of hydrogen-bond donors (Lipinski definition) is 0. The highest BCUT2D eigenvalue weighted by molar-refractivity contribution is 7.78. The van der Waals surface area contributed by atoms with E-state index in [-0.39, 0.29) is 6.10 Å². The van der Waals surface area contributed by atoms with E-state index in [1.165, 1.54) is 0 Å². The molecule has 1 saturated heterocycles. The van der Waals surface area contributed by atoms with Gasteiger partial charge in [0.15, 0.2) is 0 Å². The zero-order valence-corrected chi connectivity index (χ0v) is 12.3. The second-order valence-corrected chi connectivity index (χ2v) is 8.11. The minimum absolute atomic E-state index is 0.126. The van der Waals surface area contributed by atoms with Gasteiger partial charge in [-0.25, -0.2) is 0 Å². The molecule has 2 aromatic rings. The SMILES string of the molecule is O=P(CC1CCCO1)(c1ccccc1)c1ccccc1. The zero-order chi connectivity index (χ0) is 13.8. The summed E-state index contributed by atoms with van der Waals surface area (Å²) < 4.78 is 19.4. The van der Waals surface area contributed by atoms with Crippen LogP contribution in [-0.2, 0) is 9.30 Å². The van der Waals surface area contributed by atoms with E-state index >= 15 is 0 Å². The minimum Gasteiger partial charge on any atom is -0.378 e. The van der Waals surface area contributed by atoms with Crippen molar-refractivity contribution in [3.63, 3.8) is 0 Å². The molecular weight excluding hydrogens is 267 g/mol. The smallest absolute Gasteiger partial charge is 0.145 e. The van der Waals surface area contributed by atoms with Crippen LogP contribution >= 0.6 is 7.14 Å². The second-order valence-electron chi connectivity index (χ2n) is 5.23. The molecule has 3 rings (SSSR count). The van der Waals surface area contributed by atoms with Crippen molar-refractivity contribution >= 4 is 17.8 Å². The molecule has 0 aromatic heterocycles.